The molecule has 5 nitrogen and oxygen atoms in total. The standard InChI is InChI=1S/C12H15NO4S/c1-13(11(14)7-17-2)6-10-5-9(8-18-10)3-4-12(15)16/h3-5,8H,6-7H2,1-2H3,(H,15,16)/b4-3+. The molecule has 1 aromatic rings. The summed E-state index contributed by atoms with van der Waals surface area (Å²) in [7, 11) is 3.18. The molecule has 0 aliphatic heterocycles. The molecule has 0 atom stereocenters. The summed E-state index contributed by atoms with van der Waals surface area (Å²) in [4.78, 5) is 24.4. The van der Waals surface area contributed by atoms with E-state index in [1.54, 1.807) is 11.9 Å². The first-order valence-electron chi connectivity index (χ1n) is 5.24. The van der Waals surface area contributed by atoms with Gasteiger partial charge in [0.2, 0.25) is 5.91 Å². The van der Waals surface area contributed by atoms with Gasteiger partial charge < -0.3 is 14.7 Å². The van der Waals surface area contributed by atoms with E-state index in [9.17, 15) is 9.59 Å². The van der Waals surface area contributed by atoms with Crippen molar-refractivity contribution in [1.82, 2.24) is 4.90 Å². The van der Waals surface area contributed by atoms with E-state index in [0.29, 0.717) is 6.54 Å². The van der Waals surface area contributed by atoms with Gasteiger partial charge in [-0.15, -0.1) is 11.3 Å². The average Bonchev–Trinajstić information content (AvgIpc) is 2.74. The zero-order chi connectivity index (χ0) is 13.5. The lowest BCUT2D eigenvalue weighted by Crippen LogP contribution is -2.29. The summed E-state index contributed by atoms with van der Waals surface area (Å²) in [5, 5.41) is 10.4. The van der Waals surface area contributed by atoms with Crippen molar-refractivity contribution < 1.29 is 19.4 Å². The zero-order valence-corrected chi connectivity index (χ0v) is 11.1. The van der Waals surface area contributed by atoms with Crippen LogP contribution >= 0.6 is 11.3 Å². The predicted octanol–water partition coefficient (Wildman–Crippen LogP) is 1.45. The number of hydrogen-bond acceptors (Lipinski definition) is 4. The quantitative estimate of drug-likeness (QED) is 0.794. The van der Waals surface area contributed by atoms with Crippen LogP contribution in [0.2, 0.25) is 0 Å². The third-order valence-corrected chi connectivity index (χ3v) is 3.12. The molecule has 6 heteroatoms. The minimum atomic E-state index is -0.977. The fourth-order valence-electron chi connectivity index (χ4n) is 1.29. The fourth-order valence-corrected chi connectivity index (χ4v) is 2.20. The molecule has 0 radical (unpaired) electrons. The van der Waals surface area contributed by atoms with Gasteiger partial charge in [-0.2, -0.15) is 0 Å². The largest absolute Gasteiger partial charge is 0.478 e. The summed E-state index contributed by atoms with van der Waals surface area (Å²) >= 11 is 1.49. The highest BCUT2D eigenvalue weighted by atomic mass is 32.1. The van der Waals surface area contributed by atoms with Gasteiger partial charge >= 0.3 is 5.97 Å². The molecule has 1 aromatic heterocycles. The summed E-state index contributed by atoms with van der Waals surface area (Å²) in [5.74, 6) is -1.07. The van der Waals surface area contributed by atoms with Crippen LogP contribution in [0.1, 0.15) is 10.4 Å². The maximum Gasteiger partial charge on any atom is 0.328 e. The van der Waals surface area contributed by atoms with Gasteiger partial charge in [0.1, 0.15) is 6.61 Å². The molecule has 0 spiro atoms. The molecule has 0 aliphatic rings. The van der Waals surface area contributed by atoms with Crippen molar-refractivity contribution in [2.45, 2.75) is 6.54 Å². The number of amides is 1. The molecule has 1 N–H and O–H groups in total. The van der Waals surface area contributed by atoms with Crippen LogP contribution in [0.4, 0.5) is 0 Å². The van der Waals surface area contributed by atoms with Crippen molar-refractivity contribution in [2.24, 2.45) is 0 Å². The Morgan fingerprint density at radius 1 is 1.56 bits per heavy atom. The van der Waals surface area contributed by atoms with Gasteiger partial charge in [0, 0.05) is 25.1 Å². The molecule has 1 heterocycles. The van der Waals surface area contributed by atoms with E-state index in [1.165, 1.54) is 24.5 Å². The summed E-state index contributed by atoms with van der Waals surface area (Å²) in [6.07, 6.45) is 2.62. The van der Waals surface area contributed by atoms with E-state index < -0.39 is 5.97 Å². The van der Waals surface area contributed by atoms with Gasteiger partial charge in [0.15, 0.2) is 0 Å². The minimum absolute atomic E-state index is 0.0631. The third-order valence-electron chi connectivity index (χ3n) is 2.18. The summed E-state index contributed by atoms with van der Waals surface area (Å²) < 4.78 is 4.77. The Morgan fingerprint density at radius 2 is 2.28 bits per heavy atom. The zero-order valence-electron chi connectivity index (χ0n) is 10.3. The van der Waals surface area contributed by atoms with Crippen molar-refractivity contribution in [3.63, 3.8) is 0 Å². The van der Waals surface area contributed by atoms with Gasteiger partial charge in [-0.05, 0) is 23.1 Å². The molecule has 0 aromatic carbocycles. The maximum atomic E-state index is 11.5. The Hall–Kier alpha value is -1.66. The monoisotopic (exact) mass is 269 g/mol. The van der Waals surface area contributed by atoms with Crippen LogP contribution in [-0.2, 0) is 20.9 Å². The van der Waals surface area contributed by atoms with Crippen molar-refractivity contribution in [1.29, 1.82) is 0 Å². The Morgan fingerprint density at radius 3 is 2.89 bits per heavy atom. The van der Waals surface area contributed by atoms with Crippen LogP contribution in [0.25, 0.3) is 6.08 Å². The summed E-state index contributed by atoms with van der Waals surface area (Å²) in [5.41, 5.74) is 0.824. The van der Waals surface area contributed by atoms with E-state index in [2.05, 4.69) is 0 Å². The normalized spacial score (nSPS) is 10.8. The van der Waals surface area contributed by atoms with Crippen LogP contribution in [0.5, 0.6) is 0 Å². The first-order chi connectivity index (χ1) is 8.52. The lowest BCUT2D eigenvalue weighted by molar-refractivity contribution is -0.134. The van der Waals surface area contributed by atoms with Gasteiger partial charge in [-0.1, -0.05) is 0 Å². The minimum Gasteiger partial charge on any atom is -0.478 e. The number of ether oxygens (including phenoxy) is 1. The Bertz CT molecular complexity index is 453. The van der Waals surface area contributed by atoms with Crippen molar-refractivity contribution in [2.75, 3.05) is 20.8 Å². The van der Waals surface area contributed by atoms with E-state index >= 15 is 0 Å². The molecule has 0 saturated heterocycles. The van der Waals surface area contributed by atoms with Crippen molar-refractivity contribution in [3.05, 3.63) is 28.0 Å². The van der Waals surface area contributed by atoms with Crippen LogP contribution in [-0.4, -0.2) is 42.6 Å². The molecule has 98 valence electrons. The van der Waals surface area contributed by atoms with Gasteiger partial charge in [-0.25, -0.2) is 4.79 Å². The number of carbonyl (C=O) groups is 2. The summed E-state index contributed by atoms with van der Waals surface area (Å²) in [6, 6.07) is 1.86. The number of hydrogen-bond donors (Lipinski definition) is 1. The second kappa shape index (κ2) is 6.93. The van der Waals surface area contributed by atoms with E-state index in [0.717, 1.165) is 16.5 Å². The number of carboxylic acids is 1. The lowest BCUT2D eigenvalue weighted by Gasteiger charge is -2.15. The van der Waals surface area contributed by atoms with Crippen molar-refractivity contribution >= 4 is 29.3 Å². The number of methoxy groups -OCH3 is 1. The molecular formula is C12H15NO4S. The molecule has 0 fully saturated rings. The first kappa shape index (κ1) is 14.4. The number of carboxylic acid groups (broad SMARTS) is 1. The number of aliphatic carboxylic acids is 1. The predicted molar refractivity (Wildman–Crippen MR) is 69.3 cm³/mol. The number of carbonyl (C=O) groups excluding carboxylic acids is 1. The fraction of sp³-hybridized carbons (Fsp3) is 0.333. The van der Waals surface area contributed by atoms with E-state index in [4.69, 9.17) is 9.84 Å². The molecular weight excluding hydrogens is 254 g/mol. The Kier molecular flexibility index (Phi) is 5.54. The van der Waals surface area contributed by atoms with Crippen LogP contribution in [0.3, 0.4) is 0 Å². The molecule has 18 heavy (non-hydrogen) atoms. The maximum absolute atomic E-state index is 11.5. The molecule has 1 rings (SSSR count). The van der Waals surface area contributed by atoms with Crippen LogP contribution in [0.15, 0.2) is 17.5 Å². The molecule has 0 aliphatic carbocycles. The van der Waals surface area contributed by atoms with Gasteiger partial charge in [0.05, 0.1) is 6.54 Å². The Balaban J connectivity index is 2.58. The van der Waals surface area contributed by atoms with Crippen molar-refractivity contribution in [3.8, 4) is 0 Å². The first-order valence-corrected chi connectivity index (χ1v) is 6.12. The van der Waals surface area contributed by atoms with Gasteiger partial charge in [-0.3, -0.25) is 4.79 Å². The average molecular weight is 269 g/mol. The second-order valence-corrected chi connectivity index (χ2v) is 4.70. The lowest BCUT2D eigenvalue weighted by atomic mass is 10.3. The van der Waals surface area contributed by atoms with E-state index in [1.807, 2.05) is 11.4 Å². The smallest absolute Gasteiger partial charge is 0.328 e. The number of likely N-dealkylation sites (N-methyl/N-ethyl adjacent to an activating group) is 1. The number of nitrogens with zero attached hydrogens (tertiary/aromatic N) is 1. The van der Waals surface area contributed by atoms with Crippen LogP contribution < -0.4 is 0 Å². The van der Waals surface area contributed by atoms with Gasteiger partial charge in [0.25, 0.3) is 0 Å². The highest BCUT2D eigenvalue weighted by molar-refractivity contribution is 7.10. The Labute approximate surface area is 109 Å². The molecule has 0 unspecified atom stereocenters. The molecule has 0 saturated carbocycles. The summed E-state index contributed by atoms with van der Waals surface area (Å²) in [6.45, 7) is 0.557. The SMILES string of the molecule is COCC(=O)N(C)Cc1cc(/C=C/C(=O)O)cs1. The highest BCUT2D eigenvalue weighted by Gasteiger charge is 2.09. The molecule has 0 bridgehead atoms. The third kappa shape index (κ3) is 4.68. The van der Waals surface area contributed by atoms with Crippen LogP contribution in [0, 0.1) is 0 Å². The highest BCUT2D eigenvalue weighted by Crippen LogP contribution is 2.17. The second-order valence-electron chi connectivity index (χ2n) is 3.70. The number of rotatable bonds is 6. The number of thiophene rings is 1. The van der Waals surface area contributed by atoms with E-state index in [-0.39, 0.29) is 12.5 Å². The molecule has 1 amide bonds. The topological polar surface area (TPSA) is 66.8 Å².